The summed E-state index contributed by atoms with van der Waals surface area (Å²) < 4.78 is 10.7. The lowest BCUT2D eigenvalue weighted by Crippen LogP contribution is -2.64. The van der Waals surface area contributed by atoms with Gasteiger partial charge in [0, 0.05) is 20.6 Å². The second-order valence-corrected chi connectivity index (χ2v) is 6.81. The summed E-state index contributed by atoms with van der Waals surface area (Å²) in [4.78, 5) is 13.1. The van der Waals surface area contributed by atoms with E-state index in [0.717, 1.165) is 32.5 Å². The van der Waals surface area contributed by atoms with Crippen LogP contribution >= 0.6 is 0 Å². The van der Waals surface area contributed by atoms with Crippen LogP contribution in [0.25, 0.3) is 0 Å². The van der Waals surface area contributed by atoms with Crippen LogP contribution in [-0.4, -0.2) is 55.6 Å². The Kier molecular flexibility index (Phi) is 5.98. The van der Waals surface area contributed by atoms with Gasteiger partial charge in [-0.1, -0.05) is 20.8 Å². The van der Waals surface area contributed by atoms with E-state index in [4.69, 9.17) is 14.6 Å². The molecule has 1 N–H and O–H groups in total. The highest BCUT2D eigenvalue weighted by Gasteiger charge is 2.43. The molecule has 0 aromatic heterocycles. The normalized spacial score (nSPS) is 20.4. The Labute approximate surface area is 122 Å². The summed E-state index contributed by atoms with van der Waals surface area (Å²) in [5.41, 5.74) is 0.139. The van der Waals surface area contributed by atoms with Gasteiger partial charge in [-0.2, -0.15) is 0 Å². The Morgan fingerprint density at radius 1 is 1.25 bits per heavy atom. The van der Waals surface area contributed by atoms with Crippen molar-refractivity contribution in [1.29, 1.82) is 0 Å². The van der Waals surface area contributed by atoms with Gasteiger partial charge in [-0.05, 0) is 30.7 Å². The van der Waals surface area contributed by atoms with Crippen LogP contribution in [0.3, 0.4) is 0 Å². The second-order valence-electron chi connectivity index (χ2n) is 6.81. The van der Waals surface area contributed by atoms with Gasteiger partial charge in [0.2, 0.25) is 0 Å². The first-order valence-corrected chi connectivity index (χ1v) is 7.27. The number of hydrogen-bond donors (Lipinski definition) is 1. The number of hydrogen-bond acceptors (Lipinski definition) is 4. The fraction of sp³-hybridized carbons (Fsp3) is 0.933. The van der Waals surface area contributed by atoms with Gasteiger partial charge in [0.05, 0.1) is 13.1 Å². The topological polar surface area (TPSA) is 59.0 Å². The molecular formula is C15H29NO4. The third kappa shape index (κ3) is 4.72. The summed E-state index contributed by atoms with van der Waals surface area (Å²) in [6.45, 7) is 9.10. The first kappa shape index (κ1) is 17.4. The molecule has 5 heteroatoms. The maximum Gasteiger partial charge on any atom is 0.303 e. The monoisotopic (exact) mass is 287 g/mol. The van der Waals surface area contributed by atoms with Gasteiger partial charge >= 0.3 is 5.97 Å². The van der Waals surface area contributed by atoms with Crippen molar-refractivity contribution in [2.75, 3.05) is 33.9 Å². The molecule has 0 aromatic rings. The molecule has 1 aliphatic heterocycles. The maximum atomic E-state index is 10.8. The molecular weight excluding hydrogens is 258 g/mol. The van der Waals surface area contributed by atoms with Gasteiger partial charge in [-0.3, -0.25) is 9.69 Å². The predicted molar refractivity (Wildman–Crippen MR) is 77.6 cm³/mol. The minimum atomic E-state index is -0.707. The van der Waals surface area contributed by atoms with E-state index in [1.165, 1.54) is 0 Å². The van der Waals surface area contributed by atoms with E-state index in [0.29, 0.717) is 5.92 Å². The van der Waals surface area contributed by atoms with E-state index >= 15 is 0 Å². The number of carbonyl (C=O) groups is 1. The van der Waals surface area contributed by atoms with Crippen LogP contribution in [-0.2, 0) is 14.3 Å². The zero-order chi connectivity index (χ0) is 15.4. The highest BCUT2D eigenvalue weighted by atomic mass is 16.7. The minimum absolute atomic E-state index is 0.139. The lowest BCUT2D eigenvalue weighted by atomic mass is 9.76. The lowest BCUT2D eigenvalue weighted by molar-refractivity contribution is -0.275. The standard InChI is InChI=1S/C15H29NO4/c1-14(2,3)12(6-7-13(17)18)8-9-16-10-15(11-16,19-4)20-5/h12H,6-11H2,1-5H3,(H,17,18). The predicted octanol–water partition coefficient (Wildman–Crippen LogP) is 2.21. The molecule has 0 bridgehead atoms. The molecule has 1 unspecified atom stereocenters. The third-order valence-corrected chi connectivity index (χ3v) is 4.40. The van der Waals surface area contributed by atoms with Crippen molar-refractivity contribution in [3.8, 4) is 0 Å². The van der Waals surface area contributed by atoms with Crippen molar-refractivity contribution >= 4 is 5.97 Å². The highest BCUT2D eigenvalue weighted by molar-refractivity contribution is 5.66. The van der Waals surface area contributed by atoms with E-state index in [1.807, 2.05) is 0 Å². The Bertz CT molecular complexity index is 312. The van der Waals surface area contributed by atoms with Crippen molar-refractivity contribution in [2.45, 2.75) is 45.8 Å². The van der Waals surface area contributed by atoms with Gasteiger partial charge in [-0.15, -0.1) is 0 Å². The number of ether oxygens (including phenoxy) is 2. The molecule has 1 heterocycles. The average Bonchev–Trinajstić information content (AvgIpc) is 2.29. The van der Waals surface area contributed by atoms with Crippen molar-refractivity contribution in [1.82, 2.24) is 4.90 Å². The summed E-state index contributed by atoms with van der Waals surface area (Å²) in [7, 11) is 3.34. The summed E-state index contributed by atoms with van der Waals surface area (Å²) in [5.74, 6) is -0.724. The first-order valence-electron chi connectivity index (χ1n) is 7.27. The summed E-state index contributed by atoms with van der Waals surface area (Å²) in [6.07, 6.45) is 2.01. The third-order valence-electron chi connectivity index (χ3n) is 4.40. The van der Waals surface area contributed by atoms with E-state index in [-0.39, 0.29) is 11.8 Å². The van der Waals surface area contributed by atoms with Crippen LogP contribution in [0.5, 0.6) is 0 Å². The summed E-state index contributed by atoms with van der Waals surface area (Å²) in [5, 5.41) is 8.85. The molecule has 0 saturated carbocycles. The molecule has 1 saturated heterocycles. The van der Waals surface area contributed by atoms with Gasteiger partial charge in [0.25, 0.3) is 0 Å². The van der Waals surface area contributed by atoms with Gasteiger partial charge < -0.3 is 14.6 Å². The van der Waals surface area contributed by atoms with Crippen LogP contribution < -0.4 is 0 Å². The molecule has 1 atom stereocenters. The van der Waals surface area contributed by atoms with E-state index in [9.17, 15) is 4.79 Å². The quantitative estimate of drug-likeness (QED) is 0.694. The van der Waals surface area contributed by atoms with Crippen molar-refractivity contribution in [3.63, 3.8) is 0 Å². The Hall–Kier alpha value is -0.650. The first-order chi connectivity index (χ1) is 9.22. The largest absolute Gasteiger partial charge is 0.481 e. The molecule has 118 valence electrons. The number of likely N-dealkylation sites (tertiary alicyclic amines) is 1. The Morgan fingerprint density at radius 2 is 1.80 bits per heavy atom. The lowest BCUT2D eigenvalue weighted by Gasteiger charge is -2.48. The van der Waals surface area contributed by atoms with Crippen molar-refractivity contribution in [2.24, 2.45) is 11.3 Å². The fourth-order valence-corrected chi connectivity index (χ4v) is 2.78. The minimum Gasteiger partial charge on any atom is -0.481 e. The Morgan fingerprint density at radius 3 is 2.20 bits per heavy atom. The van der Waals surface area contributed by atoms with E-state index in [1.54, 1.807) is 14.2 Å². The van der Waals surface area contributed by atoms with Crippen LogP contribution in [0, 0.1) is 11.3 Å². The van der Waals surface area contributed by atoms with Crippen molar-refractivity contribution in [3.05, 3.63) is 0 Å². The SMILES string of the molecule is COC1(OC)CN(CCC(CCC(=O)O)C(C)(C)C)C1. The Balaban J connectivity index is 2.39. The zero-order valence-corrected chi connectivity index (χ0v) is 13.4. The highest BCUT2D eigenvalue weighted by Crippen LogP contribution is 2.34. The smallest absolute Gasteiger partial charge is 0.303 e. The molecule has 5 nitrogen and oxygen atoms in total. The number of rotatable bonds is 8. The maximum absolute atomic E-state index is 10.8. The number of aliphatic carboxylic acids is 1. The second kappa shape index (κ2) is 6.87. The number of carboxylic acid groups (broad SMARTS) is 1. The zero-order valence-electron chi connectivity index (χ0n) is 13.4. The fourth-order valence-electron chi connectivity index (χ4n) is 2.78. The van der Waals surface area contributed by atoms with Gasteiger partial charge in [0.1, 0.15) is 0 Å². The average molecular weight is 287 g/mol. The molecule has 20 heavy (non-hydrogen) atoms. The van der Waals surface area contributed by atoms with Crippen LogP contribution in [0.1, 0.15) is 40.0 Å². The number of carboxylic acids is 1. The summed E-state index contributed by atoms with van der Waals surface area (Å²) in [6, 6.07) is 0. The molecule has 0 amide bonds. The van der Waals surface area contributed by atoms with Gasteiger partial charge in [0.15, 0.2) is 5.79 Å². The van der Waals surface area contributed by atoms with Crippen LogP contribution in [0.2, 0.25) is 0 Å². The molecule has 0 radical (unpaired) electrons. The molecule has 1 aliphatic rings. The van der Waals surface area contributed by atoms with E-state index in [2.05, 4.69) is 25.7 Å². The van der Waals surface area contributed by atoms with Crippen LogP contribution in [0.15, 0.2) is 0 Å². The number of nitrogens with zero attached hydrogens (tertiary/aromatic N) is 1. The number of methoxy groups -OCH3 is 2. The molecule has 0 spiro atoms. The van der Waals surface area contributed by atoms with E-state index < -0.39 is 11.8 Å². The van der Waals surface area contributed by atoms with Crippen molar-refractivity contribution < 1.29 is 19.4 Å². The molecule has 0 aromatic carbocycles. The van der Waals surface area contributed by atoms with Crippen LogP contribution in [0.4, 0.5) is 0 Å². The molecule has 1 fully saturated rings. The van der Waals surface area contributed by atoms with Gasteiger partial charge in [-0.25, -0.2) is 0 Å². The molecule has 1 rings (SSSR count). The summed E-state index contributed by atoms with van der Waals surface area (Å²) >= 11 is 0. The molecule has 0 aliphatic carbocycles.